The first-order valence-electron chi connectivity index (χ1n) is 6.16. The lowest BCUT2D eigenvalue weighted by atomic mass is 10.2. The predicted molar refractivity (Wildman–Crippen MR) is 72.9 cm³/mol. The predicted octanol–water partition coefficient (Wildman–Crippen LogP) is 1.85. The zero-order valence-electron chi connectivity index (χ0n) is 10.5. The molecule has 2 heterocycles. The summed E-state index contributed by atoms with van der Waals surface area (Å²) in [5, 5.41) is 16.6. The molecule has 5 nitrogen and oxygen atoms in total. The van der Waals surface area contributed by atoms with Gasteiger partial charge in [0.05, 0.1) is 12.1 Å². The number of hydrogen-bond acceptors (Lipinski definition) is 6. The molecule has 0 radical (unpaired) electrons. The molecular weight excluding hydrogens is 262 g/mol. The Morgan fingerprint density at radius 1 is 1.37 bits per heavy atom. The summed E-state index contributed by atoms with van der Waals surface area (Å²) < 4.78 is 5.27. The van der Waals surface area contributed by atoms with E-state index in [-0.39, 0.29) is 12.1 Å². The number of aromatic nitrogens is 2. The fraction of sp³-hybridized carbons (Fsp3) is 0.385. The Balaban J connectivity index is 1.80. The van der Waals surface area contributed by atoms with Gasteiger partial charge in [0, 0.05) is 17.0 Å². The van der Waals surface area contributed by atoms with Gasteiger partial charge < -0.3 is 14.9 Å². The van der Waals surface area contributed by atoms with Crippen LogP contribution in [0.3, 0.4) is 0 Å². The molecule has 2 aromatic rings. The van der Waals surface area contributed by atoms with E-state index in [9.17, 15) is 5.11 Å². The Bertz CT molecular complexity index is 555. The van der Waals surface area contributed by atoms with E-state index in [0.717, 1.165) is 5.56 Å². The Kier molecular flexibility index (Phi) is 3.54. The molecule has 1 unspecified atom stereocenters. The van der Waals surface area contributed by atoms with E-state index < -0.39 is 0 Å². The van der Waals surface area contributed by atoms with Crippen LogP contribution in [0.4, 0.5) is 0 Å². The fourth-order valence-electron chi connectivity index (χ4n) is 2.14. The molecule has 0 aliphatic carbocycles. The highest BCUT2D eigenvalue weighted by Crippen LogP contribution is 2.25. The summed E-state index contributed by atoms with van der Waals surface area (Å²) in [6, 6.07) is 8.00. The number of aliphatic hydroxyl groups excluding tert-OH is 1. The van der Waals surface area contributed by atoms with Crippen LogP contribution in [0.5, 0.6) is 0 Å². The van der Waals surface area contributed by atoms with E-state index in [2.05, 4.69) is 15.5 Å². The number of rotatable bonds is 3. The van der Waals surface area contributed by atoms with Crippen LogP contribution in [0.25, 0.3) is 11.4 Å². The summed E-state index contributed by atoms with van der Waals surface area (Å²) in [4.78, 5) is 5.60. The summed E-state index contributed by atoms with van der Waals surface area (Å²) in [7, 11) is 0. The molecule has 1 saturated heterocycles. The van der Waals surface area contributed by atoms with E-state index in [0.29, 0.717) is 24.7 Å². The highest BCUT2D eigenvalue weighted by Gasteiger charge is 2.28. The fourth-order valence-corrected chi connectivity index (χ4v) is 2.55. The van der Waals surface area contributed by atoms with Crippen molar-refractivity contribution in [3.63, 3.8) is 0 Å². The lowest BCUT2D eigenvalue weighted by molar-refractivity contribution is 0.191. The molecule has 19 heavy (non-hydrogen) atoms. The van der Waals surface area contributed by atoms with E-state index in [4.69, 9.17) is 4.52 Å². The standard InChI is InChI=1S/C13H15N3O2S/c1-19-10-4-2-8(3-5-10)12-15-13(18-16-12)11-6-9(17)7-14-11/h2-5,9,11,14,17H,6-7H2,1H3/t9?,11-/m0/s1. The number of thioether (sulfide) groups is 1. The van der Waals surface area contributed by atoms with Crippen LogP contribution in [0.2, 0.25) is 0 Å². The maximum Gasteiger partial charge on any atom is 0.244 e. The highest BCUT2D eigenvalue weighted by atomic mass is 32.2. The zero-order valence-corrected chi connectivity index (χ0v) is 11.4. The van der Waals surface area contributed by atoms with Gasteiger partial charge in [-0.15, -0.1) is 11.8 Å². The van der Waals surface area contributed by atoms with Crippen LogP contribution in [0.15, 0.2) is 33.7 Å². The molecule has 0 saturated carbocycles. The molecule has 3 rings (SSSR count). The van der Waals surface area contributed by atoms with Gasteiger partial charge in [-0.1, -0.05) is 5.16 Å². The molecular formula is C13H15N3O2S. The summed E-state index contributed by atoms with van der Waals surface area (Å²) in [6.45, 7) is 0.574. The maximum atomic E-state index is 9.49. The van der Waals surface area contributed by atoms with Crippen molar-refractivity contribution in [2.24, 2.45) is 0 Å². The van der Waals surface area contributed by atoms with Gasteiger partial charge in [-0.2, -0.15) is 4.98 Å². The molecule has 0 spiro atoms. The summed E-state index contributed by atoms with van der Waals surface area (Å²) in [6.07, 6.45) is 2.33. The first-order chi connectivity index (χ1) is 9.26. The zero-order chi connectivity index (χ0) is 13.2. The van der Waals surface area contributed by atoms with Crippen molar-refractivity contribution in [3.8, 4) is 11.4 Å². The molecule has 0 bridgehead atoms. The van der Waals surface area contributed by atoms with Gasteiger partial charge in [0.25, 0.3) is 0 Å². The molecule has 1 aliphatic rings. The second-order valence-corrected chi connectivity index (χ2v) is 5.41. The SMILES string of the molecule is CSc1ccc(-c2noc([C@@H]3CC(O)CN3)n2)cc1. The van der Waals surface area contributed by atoms with Gasteiger partial charge in [0.1, 0.15) is 0 Å². The second kappa shape index (κ2) is 5.32. The van der Waals surface area contributed by atoms with E-state index in [1.807, 2.05) is 30.5 Å². The van der Waals surface area contributed by atoms with Crippen molar-refractivity contribution in [1.29, 1.82) is 0 Å². The minimum atomic E-state index is -0.332. The number of nitrogens with one attached hydrogen (secondary N) is 1. The van der Waals surface area contributed by atoms with Gasteiger partial charge in [-0.05, 0) is 36.9 Å². The smallest absolute Gasteiger partial charge is 0.244 e. The Morgan fingerprint density at radius 3 is 2.79 bits per heavy atom. The monoisotopic (exact) mass is 277 g/mol. The third-order valence-corrected chi connectivity index (χ3v) is 3.94. The van der Waals surface area contributed by atoms with E-state index in [1.54, 1.807) is 11.8 Å². The molecule has 2 atom stereocenters. The molecule has 100 valence electrons. The van der Waals surface area contributed by atoms with Crippen LogP contribution >= 0.6 is 11.8 Å². The Hall–Kier alpha value is -1.37. The maximum absolute atomic E-state index is 9.49. The van der Waals surface area contributed by atoms with Gasteiger partial charge in [-0.25, -0.2) is 0 Å². The third kappa shape index (κ3) is 2.65. The third-order valence-electron chi connectivity index (χ3n) is 3.20. The first kappa shape index (κ1) is 12.7. The first-order valence-corrected chi connectivity index (χ1v) is 7.38. The number of benzene rings is 1. The van der Waals surface area contributed by atoms with Crippen molar-refractivity contribution in [3.05, 3.63) is 30.2 Å². The van der Waals surface area contributed by atoms with Gasteiger partial charge in [0.15, 0.2) is 0 Å². The number of nitrogens with zero attached hydrogens (tertiary/aromatic N) is 2. The average molecular weight is 277 g/mol. The highest BCUT2D eigenvalue weighted by molar-refractivity contribution is 7.98. The minimum absolute atomic E-state index is 0.0401. The van der Waals surface area contributed by atoms with Crippen molar-refractivity contribution in [2.45, 2.75) is 23.5 Å². The average Bonchev–Trinajstić information content (AvgIpc) is 3.07. The molecule has 1 aliphatic heterocycles. The van der Waals surface area contributed by atoms with Crippen molar-refractivity contribution in [2.75, 3.05) is 12.8 Å². The topological polar surface area (TPSA) is 71.2 Å². The van der Waals surface area contributed by atoms with E-state index in [1.165, 1.54) is 4.90 Å². The van der Waals surface area contributed by atoms with Crippen LogP contribution < -0.4 is 5.32 Å². The lowest BCUT2D eigenvalue weighted by Gasteiger charge is -2.01. The lowest BCUT2D eigenvalue weighted by Crippen LogP contribution is -2.15. The quantitative estimate of drug-likeness (QED) is 0.834. The molecule has 6 heteroatoms. The van der Waals surface area contributed by atoms with Gasteiger partial charge >= 0.3 is 0 Å². The second-order valence-electron chi connectivity index (χ2n) is 4.54. The van der Waals surface area contributed by atoms with Crippen molar-refractivity contribution < 1.29 is 9.63 Å². The number of aliphatic hydroxyl groups is 1. The Morgan fingerprint density at radius 2 is 2.16 bits per heavy atom. The molecule has 1 aromatic heterocycles. The van der Waals surface area contributed by atoms with Crippen LogP contribution in [0.1, 0.15) is 18.4 Å². The minimum Gasteiger partial charge on any atom is -0.392 e. The number of β-amino-alcohol motifs (C(OH)–C–C–N with tert-alkyl or cyclic N) is 1. The largest absolute Gasteiger partial charge is 0.392 e. The van der Waals surface area contributed by atoms with Crippen LogP contribution in [0, 0.1) is 0 Å². The Labute approximate surface area is 115 Å². The van der Waals surface area contributed by atoms with E-state index >= 15 is 0 Å². The van der Waals surface area contributed by atoms with Crippen LogP contribution in [-0.2, 0) is 0 Å². The summed E-state index contributed by atoms with van der Waals surface area (Å²) >= 11 is 1.70. The molecule has 1 fully saturated rings. The summed E-state index contributed by atoms with van der Waals surface area (Å²) in [5.74, 6) is 1.13. The van der Waals surface area contributed by atoms with Gasteiger partial charge in [0.2, 0.25) is 11.7 Å². The normalized spacial score (nSPS) is 22.8. The number of hydrogen-bond donors (Lipinski definition) is 2. The molecule has 0 amide bonds. The van der Waals surface area contributed by atoms with Crippen molar-refractivity contribution in [1.82, 2.24) is 15.5 Å². The van der Waals surface area contributed by atoms with Crippen molar-refractivity contribution >= 4 is 11.8 Å². The molecule has 1 aromatic carbocycles. The summed E-state index contributed by atoms with van der Waals surface area (Å²) in [5.41, 5.74) is 0.936. The van der Waals surface area contributed by atoms with Gasteiger partial charge in [-0.3, -0.25) is 0 Å². The van der Waals surface area contributed by atoms with Crippen LogP contribution in [-0.4, -0.2) is 34.2 Å². The molecule has 2 N–H and O–H groups in total.